The van der Waals surface area contributed by atoms with Crippen LogP contribution < -0.4 is 10.4 Å². The number of hydrogen-bond acceptors (Lipinski definition) is 8. The van der Waals surface area contributed by atoms with Crippen LogP contribution in [0.15, 0.2) is 67.4 Å². The maximum atomic E-state index is 13.7. The number of benzene rings is 1. The molecule has 0 bridgehead atoms. The van der Waals surface area contributed by atoms with Crippen molar-refractivity contribution >= 4 is 19.7 Å². The highest BCUT2D eigenvalue weighted by molar-refractivity contribution is 7.51. The molecule has 1 aromatic rings. The van der Waals surface area contributed by atoms with Gasteiger partial charge >= 0.3 is 19.7 Å². The van der Waals surface area contributed by atoms with Crippen LogP contribution in [0, 0.1) is 0 Å². The first-order valence-corrected chi connectivity index (χ1v) is 13.5. The van der Waals surface area contributed by atoms with Gasteiger partial charge in [-0.25, -0.2) is 13.8 Å². The third kappa shape index (κ3) is 7.99. The van der Waals surface area contributed by atoms with Gasteiger partial charge in [0, 0.05) is 19.0 Å². The molecule has 2 aliphatic heterocycles. The quantitative estimate of drug-likeness (QED) is 0.145. The van der Waals surface area contributed by atoms with Crippen molar-refractivity contribution in [3.63, 3.8) is 0 Å². The molecule has 0 aromatic heterocycles. The SMILES string of the molecule is C=CCC(=C)OP(=O)(NC(C)(C)C(=O)OCc1ccccc1)OC[C@H]1O[C@@H](N2C=C(F)CNC2=O)C[C@H]1O. The van der Waals surface area contributed by atoms with Crippen molar-refractivity contribution in [3.8, 4) is 0 Å². The summed E-state index contributed by atoms with van der Waals surface area (Å²) < 4.78 is 49.5. The number of carbonyl (C=O) groups excluding carboxylic acids is 2. The number of halogens is 1. The molecule has 2 amide bonds. The summed E-state index contributed by atoms with van der Waals surface area (Å²) >= 11 is 0. The third-order valence-electron chi connectivity index (χ3n) is 5.61. The molecule has 4 atom stereocenters. The number of aliphatic hydroxyl groups is 1. The summed E-state index contributed by atoms with van der Waals surface area (Å²) in [5.74, 6) is -1.24. The Morgan fingerprint density at radius 2 is 2.11 bits per heavy atom. The molecule has 11 nitrogen and oxygen atoms in total. The Morgan fingerprint density at radius 3 is 2.79 bits per heavy atom. The number of carbonyl (C=O) groups is 2. The molecule has 1 saturated heterocycles. The standard InChI is InChI=1S/C25H33FN3O8P/c1-5-9-17(2)37-38(33,28-25(3,4)23(31)34-15-18-10-7-6-8-11-18)35-16-21-20(30)12-22(36-21)29-14-19(26)13-27-24(29)32/h5-8,10-11,14,20-22,30H,1-2,9,12-13,15-16H2,3-4H3,(H,27,32)(H,28,33)/t20-,21-,22-,38?/m1/s1. The van der Waals surface area contributed by atoms with Crippen molar-refractivity contribution in [2.24, 2.45) is 0 Å². The number of aliphatic hydroxyl groups excluding tert-OH is 1. The van der Waals surface area contributed by atoms with E-state index in [1.807, 2.05) is 18.2 Å². The van der Waals surface area contributed by atoms with Gasteiger partial charge in [-0.05, 0) is 19.4 Å². The fourth-order valence-corrected chi connectivity index (χ4v) is 5.37. The fourth-order valence-electron chi connectivity index (χ4n) is 3.67. The molecule has 208 valence electrons. The molecule has 13 heteroatoms. The minimum atomic E-state index is -4.28. The highest BCUT2D eigenvalue weighted by Crippen LogP contribution is 2.49. The normalized spacial score (nSPS) is 23.2. The van der Waals surface area contributed by atoms with E-state index in [1.165, 1.54) is 19.9 Å². The number of urea groups is 1. The predicted molar refractivity (Wildman–Crippen MR) is 136 cm³/mol. The third-order valence-corrected chi connectivity index (χ3v) is 7.43. The second-order valence-corrected chi connectivity index (χ2v) is 10.9. The Hall–Kier alpha value is -3.02. The summed E-state index contributed by atoms with van der Waals surface area (Å²) in [5.41, 5.74) is -0.754. The lowest BCUT2D eigenvalue weighted by Crippen LogP contribution is -2.47. The van der Waals surface area contributed by atoms with Gasteiger partial charge in [0.05, 0.1) is 19.3 Å². The van der Waals surface area contributed by atoms with Gasteiger partial charge in [0.2, 0.25) is 0 Å². The van der Waals surface area contributed by atoms with E-state index in [4.69, 9.17) is 18.5 Å². The molecule has 0 radical (unpaired) electrons. The van der Waals surface area contributed by atoms with E-state index in [2.05, 4.69) is 23.6 Å². The molecule has 2 heterocycles. The van der Waals surface area contributed by atoms with Gasteiger partial charge in [-0.15, -0.1) is 6.58 Å². The number of esters is 1. The van der Waals surface area contributed by atoms with Crippen molar-refractivity contribution in [1.29, 1.82) is 0 Å². The van der Waals surface area contributed by atoms with Crippen LogP contribution >= 0.6 is 7.75 Å². The molecule has 0 saturated carbocycles. The maximum Gasteiger partial charge on any atom is 0.459 e. The van der Waals surface area contributed by atoms with Gasteiger partial charge in [0.1, 0.15) is 36.1 Å². The highest BCUT2D eigenvalue weighted by atomic mass is 31.2. The van der Waals surface area contributed by atoms with Crippen molar-refractivity contribution in [3.05, 3.63) is 72.9 Å². The number of ether oxygens (including phenoxy) is 2. The lowest BCUT2D eigenvalue weighted by molar-refractivity contribution is -0.151. The van der Waals surface area contributed by atoms with Crippen molar-refractivity contribution in [2.75, 3.05) is 13.2 Å². The average molecular weight is 554 g/mol. The summed E-state index contributed by atoms with van der Waals surface area (Å²) in [4.78, 5) is 25.9. The van der Waals surface area contributed by atoms with Crippen LogP contribution in [-0.4, -0.2) is 59.1 Å². The minimum Gasteiger partial charge on any atom is -0.459 e. The van der Waals surface area contributed by atoms with Crippen LogP contribution in [0.4, 0.5) is 9.18 Å². The predicted octanol–water partition coefficient (Wildman–Crippen LogP) is 3.64. The smallest absolute Gasteiger partial charge is 0.459 e. The number of allylic oxidation sites excluding steroid dienone is 1. The minimum absolute atomic E-state index is 0.00256. The molecule has 1 unspecified atom stereocenters. The van der Waals surface area contributed by atoms with Crippen LogP contribution in [0.25, 0.3) is 0 Å². The number of nitrogens with one attached hydrogen (secondary N) is 2. The second-order valence-electron chi connectivity index (χ2n) is 9.29. The Bertz CT molecular complexity index is 1110. The fraction of sp³-hybridized carbons (Fsp3) is 0.440. The monoisotopic (exact) mass is 553 g/mol. The van der Waals surface area contributed by atoms with Gasteiger partial charge in [0.15, 0.2) is 0 Å². The Labute approximate surface area is 220 Å². The largest absolute Gasteiger partial charge is 0.459 e. The van der Waals surface area contributed by atoms with E-state index >= 15 is 0 Å². The molecule has 3 rings (SSSR count). The molecule has 3 N–H and O–H groups in total. The molecule has 1 aromatic carbocycles. The first kappa shape index (κ1) is 29.5. The highest BCUT2D eigenvalue weighted by Gasteiger charge is 2.44. The van der Waals surface area contributed by atoms with Gasteiger partial charge in [-0.1, -0.05) is 43.0 Å². The van der Waals surface area contributed by atoms with Crippen molar-refractivity contribution in [1.82, 2.24) is 15.3 Å². The number of rotatable bonds is 13. The zero-order chi connectivity index (χ0) is 27.9. The Morgan fingerprint density at radius 1 is 1.39 bits per heavy atom. The lowest BCUT2D eigenvalue weighted by Gasteiger charge is -2.30. The number of amides is 2. The van der Waals surface area contributed by atoms with Crippen LogP contribution in [0.1, 0.15) is 32.3 Å². The van der Waals surface area contributed by atoms with Crippen molar-refractivity contribution in [2.45, 2.75) is 57.3 Å². The first-order chi connectivity index (χ1) is 17.9. The van der Waals surface area contributed by atoms with Crippen LogP contribution in [0.5, 0.6) is 0 Å². The summed E-state index contributed by atoms with van der Waals surface area (Å²) in [6.45, 7) is 9.49. The number of hydrogen-bond donors (Lipinski definition) is 3. The molecule has 0 spiro atoms. The summed E-state index contributed by atoms with van der Waals surface area (Å²) in [5, 5.41) is 15.4. The summed E-state index contributed by atoms with van der Waals surface area (Å²) in [7, 11) is -4.28. The Kier molecular flexibility index (Phi) is 9.86. The Balaban J connectivity index is 1.67. The molecule has 38 heavy (non-hydrogen) atoms. The van der Waals surface area contributed by atoms with Gasteiger partial charge in [-0.2, -0.15) is 5.09 Å². The van der Waals surface area contributed by atoms with Gasteiger partial charge < -0.3 is 24.4 Å². The van der Waals surface area contributed by atoms with E-state index < -0.39 is 56.2 Å². The summed E-state index contributed by atoms with van der Waals surface area (Å²) in [6, 6.07) is 8.45. The number of nitrogens with zero attached hydrogens (tertiary/aromatic N) is 1. The second kappa shape index (κ2) is 12.7. The average Bonchev–Trinajstić information content (AvgIpc) is 3.23. The zero-order valence-electron chi connectivity index (χ0n) is 21.3. The van der Waals surface area contributed by atoms with E-state index in [-0.39, 0.29) is 31.8 Å². The molecule has 1 fully saturated rings. The van der Waals surface area contributed by atoms with E-state index in [0.717, 1.165) is 16.7 Å². The lowest BCUT2D eigenvalue weighted by atomic mass is 10.1. The molecular weight excluding hydrogens is 520 g/mol. The zero-order valence-corrected chi connectivity index (χ0v) is 22.2. The molecule has 2 aliphatic rings. The van der Waals surface area contributed by atoms with Gasteiger partial charge in [-0.3, -0.25) is 14.2 Å². The van der Waals surface area contributed by atoms with E-state index in [1.54, 1.807) is 12.1 Å². The topological polar surface area (TPSA) is 136 Å². The van der Waals surface area contributed by atoms with E-state index in [9.17, 15) is 23.7 Å². The van der Waals surface area contributed by atoms with Crippen LogP contribution in [-0.2, 0) is 34.5 Å². The molecule has 0 aliphatic carbocycles. The maximum absolute atomic E-state index is 13.7. The summed E-state index contributed by atoms with van der Waals surface area (Å²) in [6.07, 6.45) is -0.539. The van der Waals surface area contributed by atoms with Gasteiger partial charge in [0.25, 0.3) is 0 Å². The van der Waals surface area contributed by atoms with E-state index in [0.29, 0.717) is 0 Å². The molecular formula is C25H33FN3O8P. The van der Waals surface area contributed by atoms with Crippen LogP contribution in [0.2, 0.25) is 0 Å². The first-order valence-electron chi connectivity index (χ1n) is 11.9. The van der Waals surface area contributed by atoms with Crippen molar-refractivity contribution < 1.29 is 42.2 Å². The van der Waals surface area contributed by atoms with Crippen LogP contribution in [0.3, 0.4) is 0 Å².